The van der Waals surface area contributed by atoms with Gasteiger partial charge in [0, 0.05) is 11.1 Å². The Kier molecular flexibility index (Phi) is 5.35. The number of benzene rings is 2. The van der Waals surface area contributed by atoms with Gasteiger partial charge in [0.05, 0.1) is 31.0 Å². The minimum atomic E-state index is -1.10. The highest BCUT2D eigenvalue weighted by atomic mass is 35.5. The highest BCUT2D eigenvalue weighted by Gasteiger charge is 2.20. The highest BCUT2D eigenvalue weighted by molar-refractivity contribution is 6.31. The van der Waals surface area contributed by atoms with E-state index in [1.54, 1.807) is 0 Å². The molecule has 0 spiro atoms. The minimum Gasteiger partial charge on any atom is -0.496 e. The molecule has 8 heteroatoms. The van der Waals surface area contributed by atoms with Crippen LogP contribution in [-0.4, -0.2) is 26.1 Å². The number of ether oxygens (including phenoxy) is 2. The summed E-state index contributed by atoms with van der Waals surface area (Å²) in [5.74, 6) is -3.67. The number of hydrogen-bond acceptors (Lipinski definition) is 4. The lowest BCUT2D eigenvalue weighted by molar-refractivity contribution is 0.0595. The predicted octanol–water partition coefficient (Wildman–Crippen LogP) is 3.67. The molecule has 2 rings (SSSR count). The fraction of sp³-hybridized carbons (Fsp3) is 0.125. The predicted molar refractivity (Wildman–Crippen MR) is 83.7 cm³/mol. The summed E-state index contributed by atoms with van der Waals surface area (Å²) in [4.78, 5) is 23.8. The molecule has 0 aromatic heterocycles. The molecule has 2 aromatic carbocycles. The van der Waals surface area contributed by atoms with E-state index in [-0.39, 0.29) is 22.0 Å². The van der Waals surface area contributed by atoms with Crippen molar-refractivity contribution in [2.24, 2.45) is 0 Å². The Morgan fingerprint density at radius 2 is 1.75 bits per heavy atom. The molecular weight excluding hydrogens is 344 g/mol. The smallest absolute Gasteiger partial charge is 0.340 e. The number of amides is 1. The number of nitrogens with one attached hydrogen (secondary N) is 1. The first kappa shape index (κ1) is 17.7. The molecule has 2 aromatic rings. The summed E-state index contributed by atoms with van der Waals surface area (Å²) in [5.41, 5.74) is -0.843. The van der Waals surface area contributed by atoms with E-state index < -0.39 is 29.1 Å². The summed E-state index contributed by atoms with van der Waals surface area (Å²) in [7, 11) is 2.41. The normalized spacial score (nSPS) is 10.2. The Labute approximate surface area is 141 Å². The van der Waals surface area contributed by atoms with Crippen molar-refractivity contribution in [2.45, 2.75) is 0 Å². The molecule has 24 heavy (non-hydrogen) atoms. The highest BCUT2D eigenvalue weighted by Crippen LogP contribution is 2.25. The number of halogens is 3. The fourth-order valence-corrected chi connectivity index (χ4v) is 2.13. The Bertz CT molecular complexity index is 811. The van der Waals surface area contributed by atoms with Gasteiger partial charge in [-0.05, 0) is 24.3 Å². The van der Waals surface area contributed by atoms with E-state index in [0.29, 0.717) is 6.07 Å². The number of esters is 1. The Balaban J connectivity index is 2.39. The summed E-state index contributed by atoms with van der Waals surface area (Å²) >= 11 is 5.84. The van der Waals surface area contributed by atoms with Crippen LogP contribution in [0, 0.1) is 11.6 Å². The van der Waals surface area contributed by atoms with Crippen LogP contribution in [0.4, 0.5) is 14.5 Å². The summed E-state index contributed by atoms with van der Waals surface area (Å²) in [5, 5.41) is 2.52. The third kappa shape index (κ3) is 3.62. The second-order valence-corrected chi connectivity index (χ2v) is 5.04. The second kappa shape index (κ2) is 7.27. The zero-order valence-corrected chi connectivity index (χ0v) is 13.4. The van der Waals surface area contributed by atoms with Gasteiger partial charge >= 0.3 is 5.97 Å². The van der Waals surface area contributed by atoms with E-state index in [1.165, 1.54) is 25.3 Å². The van der Waals surface area contributed by atoms with Crippen LogP contribution < -0.4 is 10.1 Å². The summed E-state index contributed by atoms with van der Waals surface area (Å²) in [6.45, 7) is 0. The lowest BCUT2D eigenvalue weighted by Gasteiger charge is -2.11. The van der Waals surface area contributed by atoms with E-state index >= 15 is 0 Å². The molecule has 5 nitrogen and oxygen atoms in total. The molecule has 0 atom stereocenters. The molecule has 0 saturated carbocycles. The van der Waals surface area contributed by atoms with Crippen LogP contribution in [0.1, 0.15) is 20.7 Å². The fourth-order valence-electron chi connectivity index (χ4n) is 1.96. The van der Waals surface area contributed by atoms with Gasteiger partial charge in [0.1, 0.15) is 17.4 Å². The first-order valence-electron chi connectivity index (χ1n) is 6.59. The van der Waals surface area contributed by atoms with Crippen molar-refractivity contribution in [1.82, 2.24) is 0 Å². The van der Waals surface area contributed by atoms with Gasteiger partial charge in [0.15, 0.2) is 0 Å². The largest absolute Gasteiger partial charge is 0.496 e. The molecule has 0 saturated heterocycles. The number of rotatable bonds is 4. The molecule has 0 bridgehead atoms. The molecule has 0 aliphatic carbocycles. The molecule has 0 aliphatic heterocycles. The molecule has 1 amide bonds. The molecule has 0 fully saturated rings. The van der Waals surface area contributed by atoms with Crippen LogP contribution in [0.2, 0.25) is 5.02 Å². The average molecular weight is 356 g/mol. The lowest BCUT2D eigenvalue weighted by Crippen LogP contribution is -2.15. The standard InChI is InChI=1S/C16H12ClF2NO4/c1-23-14-4-3-8(17)5-10(14)15(21)20-13-6-9(16(22)24-2)11(18)7-12(13)19/h3-7H,1-2H3,(H,20,21). The number of carbonyl (C=O) groups excluding carboxylic acids is 2. The van der Waals surface area contributed by atoms with E-state index in [9.17, 15) is 18.4 Å². The van der Waals surface area contributed by atoms with Gasteiger partial charge in [-0.1, -0.05) is 11.6 Å². The Morgan fingerprint density at radius 1 is 1.04 bits per heavy atom. The van der Waals surface area contributed by atoms with Crippen LogP contribution in [-0.2, 0) is 4.74 Å². The monoisotopic (exact) mass is 355 g/mol. The molecule has 0 radical (unpaired) electrons. The maximum Gasteiger partial charge on any atom is 0.340 e. The van der Waals surface area contributed by atoms with Crippen LogP contribution in [0.15, 0.2) is 30.3 Å². The van der Waals surface area contributed by atoms with Crippen molar-refractivity contribution in [3.63, 3.8) is 0 Å². The van der Waals surface area contributed by atoms with Gasteiger partial charge in [-0.25, -0.2) is 13.6 Å². The van der Waals surface area contributed by atoms with Crippen LogP contribution in [0.5, 0.6) is 5.75 Å². The second-order valence-electron chi connectivity index (χ2n) is 4.60. The third-order valence-electron chi connectivity index (χ3n) is 3.12. The first-order valence-corrected chi connectivity index (χ1v) is 6.97. The topological polar surface area (TPSA) is 64.6 Å². The maximum atomic E-state index is 13.9. The molecular formula is C16H12ClF2NO4. The summed E-state index contributed by atoms with van der Waals surface area (Å²) < 4.78 is 36.9. The van der Waals surface area contributed by atoms with Crippen LogP contribution in [0.25, 0.3) is 0 Å². The van der Waals surface area contributed by atoms with Crippen molar-refractivity contribution < 1.29 is 27.8 Å². The van der Waals surface area contributed by atoms with Gasteiger partial charge < -0.3 is 14.8 Å². The van der Waals surface area contributed by atoms with Crippen LogP contribution in [0.3, 0.4) is 0 Å². The van der Waals surface area contributed by atoms with Gasteiger partial charge in [-0.2, -0.15) is 0 Å². The average Bonchev–Trinajstić information content (AvgIpc) is 2.56. The van der Waals surface area contributed by atoms with E-state index in [1.807, 2.05) is 0 Å². The number of anilines is 1. The lowest BCUT2D eigenvalue weighted by atomic mass is 10.1. The van der Waals surface area contributed by atoms with Gasteiger partial charge in [-0.3, -0.25) is 4.79 Å². The SMILES string of the molecule is COC(=O)c1cc(NC(=O)c2cc(Cl)ccc2OC)c(F)cc1F. The zero-order chi connectivity index (χ0) is 17.9. The first-order chi connectivity index (χ1) is 11.4. The van der Waals surface area contributed by atoms with Crippen molar-refractivity contribution in [3.8, 4) is 5.75 Å². The quantitative estimate of drug-likeness (QED) is 0.850. The van der Waals surface area contributed by atoms with Crippen molar-refractivity contribution in [2.75, 3.05) is 19.5 Å². The van der Waals surface area contributed by atoms with Gasteiger partial charge in [0.2, 0.25) is 0 Å². The van der Waals surface area contributed by atoms with Gasteiger partial charge in [-0.15, -0.1) is 0 Å². The minimum absolute atomic E-state index is 0.0494. The summed E-state index contributed by atoms with van der Waals surface area (Å²) in [6.07, 6.45) is 0. The molecule has 0 unspecified atom stereocenters. The van der Waals surface area contributed by atoms with Crippen molar-refractivity contribution >= 4 is 29.2 Å². The van der Waals surface area contributed by atoms with Crippen molar-refractivity contribution in [1.29, 1.82) is 0 Å². The van der Waals surface area contributed by atoms with Crippen molar-refractivity contribution in [3.05, 3.63) is 58.1 Å². The number of hydrogen-bond donors (Lipinski definition) is 1. The third-order valence-corrected chi connectivity index (χ3v) is 3.35. The maximum absolute atomic E-state index is 13.9. The Hall–Kier alpha value is -2.67. The molecule has 126 valence electrons. The van der Waals surface area contributed by atoms with E-state index in [0.717, 1.165) is 13.2 Å². The number of carbonyl (C=O) groups is 2. The van der Waals surface area contributed by atoms with Gasteiger partial charge in [0.25, 0.3) is 5.91 Å². The summed E-state index contributed by atoms with van der Waals surface area (Å²) in [6, 6.07) is 5.66. The van der Waals surface area contributed by atoms with Crippen LogP contribution >= 0.6 is 11.6 Å². The zero-order valence-electron chi connectivity index (χ0n) is 12.7. The molecule has 0 heterocycles. The number of methoxy groups -OCH3 is 2. The van der Waals surface area contributed by atoms with E-state index in [2.05, 4.69) is 10.1 Å². The van der Waals surface area contributed by atoms with E-state index in [4.69, 9.17) is 16.3 Å². The molecule has 0 aliphatic rings. The Morgan fingerprint density at radius 3 is 2.38 bits per heavy atom. The molecule has 1 N–H and O–H groups in total.